The van der Waals surface area contributed by atoms with Crippen LogP contribution < -0.4 is 15.0 Å². The number of aliphatic imine (C=N–C) groups is 1. The van der Waals surface area contributed by atoms with Crippen molar-refractivity contribution in [1.82, 2.24) is 15.1 Å². The fraction of sp³-hybridized carbons (Fsp3) is 0.619. The summed E-state index contributed by atoms with van der Waals surface area (Å²) in [4.78, 5) is 22.9. The fourth-order valence-corrected chi connectivity index (χ4v) is 3.82. The van der Waals surface area contributed by atoms with Crippen LogP contribution in [-0.2, 0) is 4.79 Å². The molecule has 1 aromatic rings. The Morgan fingerprint density at radius 1 is 1.17 bits per heavy atom. The molecule has 1 N–H and O–H groups in total. The number of carbonyl (C=O) groups is 1. The molecule has 1 aliphatic carbocycles. The van der Waals surface area contributed by atoms with E-state index in [-0.39, 0.29) is 36.4 Å². The van der Waals surface area contributed by atoms with Crippen molar-refractivity contribution in [2.45, 2.75) is 31.7 Å². The van der Waals surface area contributed by atoms with Crippen molar-refractivity contribution in [2.75, 3.05) is 58.8 Å². The fourth-order valence-electron chi connectivity index (χ4n) is 3.82. The Hall–Kier alpha value is -1.71. The molecule has 1 aliphatic heterocycles. The number of hydrogen-bond donors (Lipinski definition) is 1. The molecular formula is C21H34IN5O2. The van der Waals surface area contributed by atoms with E-state index in [1.165, 1.54) is 25.7 Å². The lowest BCUT2D eigenvalue weighted by atomic mass is 10.2. The normalized spacial score (nSPS) is 17.7. The lowest BCUT2D eigenvalue weighted by molar-refractivity contribution is -0.127. The highest BCUT2D eigenvalue weighted by Gasteiger charge is 2.24. The second-order valence-corrected chi connectivity index (χ2v) is 7.70. The van der Waals surface area contributed by atoms with Crippen LogP contribution in [0.2, 0.25) is 0 Å². The van der Waals surface area contributed by atoms with Crippen molar-refractivity contribution in [3.63, 3.8) is 0 Å². The van der Waals surface area contributed by atoms with Crippen LogP contribution in [0, 0.1) is 0 Å². The van der Waals surface area contributed by atoms with Crippen molar-refractivity contribution < 1.29 is 9.53 Å². The Kier molecular flexibility index (Phi) is 9.32. The Morgan fingerprint density at radius 2 is 1.83 bits per heavy atom. The lowest BCUT2D eigenvalue weighted by Crippen LogP contribution is -2.54. The summed E-state index contributed by atoms with van der Waals surface area (Å²) in [7, 11) is 5.26. The molecule has 1 heterocycles. The van der Waals surface area contributed by atoms with Crippen molar-refractivity contribution in [3.05, 3.63) is 24.3 Å². The second kappa shape index (κ2) is 11.5. The summed E-state index contributed by atoms with van der Waals surface area (Å²) in [6, 6.07) is 8.63. The third kappa shape index (κ3) is 6.38. The Labute approximate surface area is 191 Å². The number of likely N-dealkylation sites (N-methyl/N-ethyl adjacent to an activating group) is 1. The Bertz CT molecular complexity index is 683. The molecular weight excluding hydrogens is 481 g/mol. The van der Waals surface area contributed by atoms with Crippen LogP contribution in [0.1, 0.15) is 25.7 Å². The van der Waals surface area contributed by atoms with Crippen LogP contribution >= 0.6 is 24.0 Å². The molecule has 1 aromatic carbocycles. The summed E-state index contributed by atoms with van der Waals surface area (Å²) in [5, 5.41) is 3.62. The Balaban J connectivity index is 0.00000300. The maximum absolute atomic E-state index is 12.0. The van der Waals surface area contributed by atoms with Crippen LogP contribution in [0.15, 0.2) is 29.3 Å². The van der Waals surface area contributed by atoms with Gasteiger partial charge in [0.1, 0.15) is 12.3 Å². The summed E-state index contributed by atoms with van der Waals surface area (Å²) in [5.41, 5.74) is 1.13. The molecule has 0 unspecified atom stereocenters. The van der Waals surface area contributed by atoms with E-state index in [9.17, 15) is 4.79 Å². The van der Waals surface area contributed by atoms with Gasteiger partial charge in [0.2, 0.25) is 5.91 Å². The quantitative estimate of drug-likeness (QED) is 0.371. The highest BCUT2D eigenvalue weighted by atomic mass is 127. The second-order valence-electron chi connectivity index (χ2n) is 7.70. The minimum absolute atomic E-state index is 0. The highest BCUT2D eigenvalue weighted by molar-refractivity contribution is 14.0. The number of piperazine rings is 1. The number of guanidine groups is 1. The van der Waals surface area contributed by atoms with Gasteiger partial charge in [0, 0.05) is 46.3 Å². The largest absolute Gasteiger partial charge is 0.495 e. The first kappa shape index (κ1) is 23.6. The number of para-hydroxylation sites is 2. The molecule has 1 saturated carbocycles. The van der Waals surface area contributed by atoms with Gasteiger partial charge in [-0.2, -0.15) is 0 Å². The topological polar surface area (TPSA) is 60.4 Å². The molecule has 0 bridgehead atoms. The first-order valence-electron chi connectivity index (χ1n) is 10.2. The van der Waals surface area contributed by atoms with E-state index in [4.69, 9.17) is 4.74 Å². The van der Waals surface area contributed by atoms with E-state index < -0.39 is 0 Å². The summed E-state index contributed by atoms with van der Waals surface area (Å²) in [6.07, 6.45) is 4.90. The van der Waals surface area contributed by atoms with Crippen LogP contribution in [0.4, 0.5) is 5.69 Å². The summed E-state index contributed by atoms with van der Waals surface area (Å²) in [5.74, 6) is 1.81. The van der Waals surface area contributed by atoms with Crippen LogP contribution in [0.5, 0.6) is 5.75 Å². The number of amides is 1. The van der Waals surface area contributed by atoms with E-state index in [0.29, 0.717) is 6.04 Å². The Morgan fingerprint density at radius 3 is 2.45 bits per heavy atom. The summed E-state index contributed by atoms with van der Waals surface area (Å²) < 4.78 is 5.52. The van der Waals surface area contributed by atoms with Crippen molar-refractivity contribution in [1.29, 1.82) is 0 Å². The third-order valence-electron chi connectivity index (χ3n) is 5.56. The maximum atomic E-state index is 12.0. The third-order valence-corrected chi connectivity index (χ3v) is 5.56. The van der Waals surface area contributed by atoms with E-state index in [1.807, 2.05) is 18.2 Å². The number of anilines is 1. The number of benzene rings is 1. The van der Waals surface area contributed by atoms with E-state index in [1.54, 1.807) is 26.1 Å². The van der Waals surface area contributed by atoms with Gasteiger partial charge in [0.05, 0.1) is 12.8 Å². The van der Waals surface area contributed by atoms with Gasteiger partial charge >= 0.3 is 0 Å². The van der Waals surface area contributed by atoms with Gasteiger partial charge in [-0.25, -0.2) is 4.99 Å². The smallest absolute Gasteiger partial charge is 0.243 e. The van der Waals surface area contributed by atoms with Crippen LogP contribution in [-0.4, -0.2) is 81.6 Å². The molecule has 0 atom stereocenters. The molecule has 162 valence electrons. The zero-order chi connectivity index (χ0) is 19.9. The average molecular weight is 515 g/mol. The zero-order valence-corrected chi connectivity index (χ0v) is 20.1. The van der Waals surface area contributed by atoms with Crippen molar-refractivity contribution in [2.24, 2.45) is 4.99 Å². The minimum Gasteiger partial charge on any atom is -0.495 e. The first-order valence-corrected chi connectivity index (χ1v) is 10.2. The SMILES string of the molecule is COc1ccccc1N1CCN(C(=NCC(=O)N(C)C)NC2CCCC2)CC1.I. The number of nitrogens with zero attached hydrogens (tertiary/aromatic N) is 4. The van der Waals surface area contributed by atoms with Gasteiger partial charge in [0.25, 0.3) is 0 Å². The molecule has 2 aliphatic rings. The number of ether oxygens (including phenoxy) is 1. The molecule has 1 amide bonds. The van der Waals surface area contributed by atoms with Gasteiger partial charge in [-0.15, -0.1) is 24.0 Å². The van der Waals surface area contributed by atoms with Crippen LogP contribution in [0.3, 0.4) is 0 Å². The molecule has 0 radical (unpaired) electrons. The molecule has 0 spiro atoms. The lowest BCUT2D eigenvalue weighted by Gasteiger charge is -2.38. The summed E-state index contributed by atoms with van der Waals surface area (Å²) in [6.45, 7) is 3.72. The number of hydrogen-bond acceptors (Lipinski definition) is 4. The molecule has 1 saturated heterocycles. The first-order chi connectivity index (χ1) is 13.6. The molecule has 7 nitrogen and oxygen atoms in total. The average Bonchev–Trinajstić information content (AvgIpc) is 3.24. The van der Waals surface area contributed by atoms with Gasteiger partial charge < -0.3 is 24.8 Å². The van der Waals surface area contributed by atoms with E-state index >= 15 is 0 Å². The number of nitrogens with one attached hydrogen (secondary N) is 1. The number of halogens is 1. The molecule has 29 heavy (non-hydrogen) atoms. The molecule has 3 rings (SSSR count). The highest BCUT2D eigenvalue weighted by Crippen LogP contribution is 2.28. The van der Waals surface area contributed by atoms with E-state index in [0.717, 1.165) is 43.6 Å². The van der Waals surface area contributed by atoms with Gasteiger partial charge in [-0.3, -0.25) is 4.79 Å². The zero-order valence-electron chi connectivity index (χ0n) is 17.8. The van der Waals surface area contributed by atoms with Gasteiger partial charge in [-0.1, -0.05) is 25.0 Å². The van der Waals surface area contributed by atoms with Gasteiger partial charge in [0.15, 0.2) is 5.96 Å². The number of methoxy groups -OCH3 is 1. The maximum Gasteiger partial charge on any atom is 0.243 e. The van der Waals surface area contributed by atoms with Crippen molar-refractivity contribution in [3.8, 4) is 5.75 Å². The predicted octanol–water partition coefficient (Wildman–Crippen LogP) is 2.41. The number of carbonyl (C=O) groups excluding carboxylic acids is 1. The number of rotatable bonds is 5. The minimum atomic E-state index is 0. The predicted molar refractivity (Wildman–Crippen MR) is 129 cm³/mol. The van der Waals surface area contributed by atoms with Crippen LogP contribution in [0.25, 0.3) is 0 Å². The standard InChI is InChI=1S/C21H33N5O2.HI/c1-24(2)20(27)16-22-21(23-17-8-4-5-9-17)26-14-12-25(13-15-26)18-10-6-7-11-19(18)28-3;/h6-7,10-11,17H,4-5,8-9,12-16H2,1-3H3,(H,22,23);1H. The molecule has 0 aromatic heterocycles. The molecule has 2 fully saturated rings. The van der Waals surface area contributed by atoms with E-state index in [2.05, 4.69) is 26.2 Å². The summed E-state index contributed by atoms with van der Waals surface area (Å²) >= 11 is 0. The monoisotopic (exact) mass is 515 g/mol. The van der Waals surface area contributed by atoms with Crippen molar-refractivity contribution >= 4 is 41.5 Å². The van der Waals surface area contributed by atoms with Gasteiger partial charge in [-0.05, 0) is 25.0 Å². The molecule has 8 heteroatoms.